The van der Waals surface area contributed by atoms with Crippen molar-refractivity contribution in [1.29, 1.82) is 0 Å². The number of carbonyl (C=O) groups is 1. The van der Waals surface area contributed by atoms with Gasteiger partial charge in [-0.15, -0.1) is 0 Å². The van der Waals surface area contributed by atoms with E-state index < -0.39 is 0 Å². The van der Waals surface area contributed by atoms with Crippen molar-refractivity contribution < 1.29 is 4.79 Å². The highest BCUT2D eigenvalue weighted by molar-refractivity contribution is 6.04. The van der Waals surface area contributed by atoms with Gasteiger partial charge in [0.2, 0.25) is 0 Å². The fraction of sp³-hybridized carbons (Fsp3) is 0. The molecule has 0 saturated heterocycles. The lowest BCUT2D eigenvalue weighted by Gasteiger charge is -2.07. The number of H-pyrrole nitrogens is 2. The van der Waals surface area contributed by atoms with Crippen molar-refractivity contribution >= 4 is 33.7 Å². The maximum absolute atomic E-state index is 12.6. The molecule has 0 bridgehead atoms. The Bertz CT molecular complexity index is 1960. The summed E-state index contributed by atoms with van der Waals surface area (Å²) >= 11 is 0. The maximum Gasteiger partial charge on any atom is 0.255 e. The zero-order chi connectivity index (χ0) is 26.2. The minimum Gasteiger partial charge on any atom is -0.338 e. The Labute approximate surface area is 222 Å². The quantitative estimate of drug-likeness (QED) is 0.267. The van der Waals surface area contributed by atoms with Crippen molar-refractivity contribution in [3.05, 3.63) is 109 Å². The molecule has 0 saturated carbocycles. The number of amides is 1. The number of carbonyl (C=O) groups excluding carboxylic acids is 1. The van der Waals surface area contributed by atoms with E-state index >= 15 is 0 Å². The molecular formula is C30H20N8O. The van der Waals surface area contributed by atoms with Crippen molar-refractivity contribution in [2.45, 2.75) is 0 Å². The lowest BCUT2D eigenvalue weighted by atomic mass is 10.1. The maximum atomic E-state index is 12.6. The van der Waals surface area contributed by atoms with Crippen LogP contribution in [0.2, 0.25) is 0 Å². The molecule has 9 heteroatoms. The van der Waals surface area contributed by atoms with E-state index in [1.807, 2.05) is 66.9 Å². The minimum absolute atomic E-state index is 0.201. The molecule has 9 nitrogen and oxygen atoms in total. The second kappa shape index (κ2) is 9.31. The third kappa shape index (κ3) is 4.17. The largest absolute Gasteiger partial charge is 0.338 e. The van der Waals surface area contributed by atoms with Gasteiger partial charge in [0, 0.05) is 46.9 Å². The number of anilines is 1. The van der Waals surface area contributed by atoms with Crippen molar-refractivity contribution in [2.75, 3.05) is 5.32 Å². The molecule has 0 spiro atoms. The van der Waals surface area contributed by atoms with Crippen LogP contribution >= 0.6 is 0 Å². The van der Waals surface area contributed by atoms with E-state index in [4.69, 9.17) is 4.98 Å². The van der Waals surface area contributed by atoms with Crippen LogP contribution in [0.1, 0.15) is 10.4 Å². The molecular weight excluding hydrogens is 488 g/mol. The third-order valence-electron chi connectivity index (χ3n) is 6.50. The summed E-state index contributed by atoms with van der Waals surface area (Å²) in [7, 11) is 0. The van der Waals surface area contributed by atoms with Gasteiger partial charge in [0.1, 0.15) is 16.9 Å². The van der Waals surface area contributed by atoms with Gasteiger partial charge in [0.15, 0.2) is 0 Å². The van der Waals surface area contributed by atoms with Crippen LogP contribution in [0.3, 0.4) is 0 Å². The zero-order valence-corrected chi connectivity index (χ0v) is 20.5. The number of hydrogen-bond acceptors (Lipinski definition) is 6. The molecule has 0 fully saturated rings. The molecule has 1 amide bonds. The zero-order valence-electron chi connectivity index (χ0n) is 20.5. The number of hydrogen-bond donors (Lipinski definition) is 3. The van der Waals surface area contributed by atoms with Crippen LogP contribution in [0.15, 0.2) is 104 Å². The lowest BCUT2D eigenvalue weighted by Crippen LogP contribution is -2.11. The molecule has 0 atom stereocenters. The van der Waals surface area contributed by atoms with Crippen molar-refractivity contribution in [2.24, 2.45) is 0 Å². The van der Waals surface area contributed by atoms with E-state index in [2.05, 4.69) is 35.5 Å². The van der Waals surface area contributed by atoms with Crippen LogP contribution in [0.4, 0.5) is 5.69 Å². The number of benzene rings is 1. The van der Waals surface area contributed by atoms with E-state index in [0.717, 1.165) is 38.9 Å². The van der Waals surface area contributed by atoms with Gasteiger partial charge in [0.05, 0.1) is 28.8 Å². The average molecular weight is 509 g/mol. The van der Waals surface area contributed by atoms with E-state index in [1.165, 1.54) is 0 Å². The Balaban J connectivity index is 1.25. The summed E-state index contributed by atoms with van der Waals surface area (Å²) < 4.78 is 0. The van der Waals surface area contributed by atoms with Crippen molar-refractivity contribution in [3.63, 3.8) is 0 Å². The Hall–Kier alpha value is -5.70. The topological polar surface area (TPSA) is 125 Å². The molecule has 7 aromatic rings. The van der Waals surface area contributed by atoms with Gasteiger partial charge < -0.3 is 10.3 Å². The molecule has 186 valence electrons. The molecule has 3 N–H and O–H groups in total. The van der Waals surface area contributed by atoms with Crippen molar-refractivity contribution in [1.82, 2.24) is 35.1 Å². The summed E-state index contributed by atoms with van der Waals surface area (Å²) in [6.07, 6.45) is 8.71. The standard InChI is InChI=1S/C30H20N8O/c39-30(18-5-2-1-3-6-18)34-21-13-20(16-32-17-21)24-8-9-25-27(35-24)28(38-37-25)26-14-23-22(10-12-33-29(23)36-26)19-7-4-11-31-15-19/h1-17H,(H,33,36)(H,34,39)(H,37,38). The smallest absolute Gasteiger partial charge is 0.255 e. The molecule has 7 rings (SSSR count). The van der Waals surface area contributed by atoms with E-state index in [-0.39, 0.29) is 5.91 Å². The molecule has 0 aliphatic heterocycles. The van der Waals surface area contributed by atoms with Gasteiger partial charge in [-0.25, -0.2) is 9.97 Å². The number of fused-ring (bicyclic) bond motifs is 2. The molecule has 39 heavy (non-hydrogen) atoms. The van der Waals surface area contributed by atoms with Crippen LogP contribution in [0.5, 0.6) is 0 Å². The first-order chi connectivity index (χ1) is 19.2. The van der Waals surface area contributed by atoms with Crippen molar-refractivity contribution in [3.8, 4) is 33.8 Å². The Morgan fingerprint density at radius 2 is 1.72 bits per heavy atom. The van der Waals surface area contributed by atoms with Gasteiger partial charge in [-0.1, -0.05) is 24.3 Å². The molecule has 1 aromatic carbocycles. The van der Waals surface area contributed by atoms with Crippen LogP contribution < -0.4 is 5.32 Å². The Morgan fingerprint density at radius 3 is 2.59 bits per heavy atom. The highest BCUT2D eigenvalue weighted by Gasteiger charge is 2.16. The molecule has 0 aliphatic rings. The van der Waals surface area contributed by atoms with Crippen LogP contribution in [-0.2, 0) is 0 Å². The highest BCUT2D eigenvalue weighted by Crippen LogP contribution is 2.33. The molecule has 0 radical (unpaired) electrons. The third-order valence-corrected chi connectivity index (χ3v) is 6.50. The van der Waals surface area contributed by atoms with Crippen LogP contribution in [0, 0.1) is 0 Å². The Kier molecular flexibility index (Phi) is 5.37. The Morgan fingerprint density at radius 1 is 0.821 bits per heavy atom. The van der Waals surface area contributed by atoms with E-state index in [0.29, 0.717) is 28.2 Å². The molecule has 0 aliphatic carbocycles. The number of nitrogens with one attached hydrogen (secondary N) is 3. The number of aromatic nitrogens is 7. The summed E-state index contributed by atoms with van der Waals surface area (Å²) in [5, 5.41) is 11.5. The SMILES string of the molecule is O=C(Nc1cncc(-c2ccc3[nH]nc(-c4cc5c(-c6cccnc6)ccnc5[nH]4)c3n2)c1)c1ccccc1. The molecule has 6 aromatic heterocycles. The number of pyridine rings is 4. The van der Waals surface area contributed by atoms with Gasteiger partial charge in [-0.2, -0.15) is 5.10 Å². The summed E-state index contributed by atoms with van der Waals surface area (Å²) in [6, 6.07) is 22.7. The fourth-order valence-electron chi connectivity index (χ4n) is 4.62. The monoisotopic (exact) mass is 508 g/mol. The second-order valence-electron chi connectivity index (χ2n) is 8.99. The average Bonchev–Trinajstić information content (AvgIpc) is 3.62. The first-order valence-corrected chi connectivity index (χ1v) is 12.3. The van der Waals surface area contributed by atoms with Gasteiger partial charge in [-0.3, -0.25) is 19.9 Å². The van der Waals surface area contributed by atoms with E-state index in [9.17, 15) is 4.79 Å². The van der Waals surface area contributed by atoms with Crippen LogP contribution in [-0.4, -0.2) is 41.0 Å². The van der Waals surface area contributed by atoms with Crippen LogP contribution in [0.25, 0.3) is 55.8 Å². The minimum atomic E-state index is -0.201. The predicted octanol–water partition coefficient (Wildman–Crippen LogP) is 5.88. The molecule has 6 heterocycles. The summed E-state index contributed by atoms with van der Waals surface area (Å²) in [5.74, 6) is -0.201. The van der Waals surface area contributed by atoms with Gasteiger partial charge in [-0.05, 0) is 54.1 Å². The summed E-state index contributed by atoms with van der Waals surface area (Å²) in [5.41, 5.74) is 8.42. The first kappa shape index (κ1) is 22.5. The number of aromatic amines is 2. The van der Waals surface area contributed by atoms with E-state index in [1.54, 1.807) is 36.9 Å². The second-order valence-corrected chi connectivity index (χ2v) is 8.99. The predicted molar refractivity (Wildman–Crippen MR) is 150 cm³/mol. The summed E-state index contributed by atoms with van der Waals surface area (Å²) in [6.45, 7) is 0. The number of nitrogens with zero attached hydrogens (tertiary/aromatic N) is 5. The summed E-state index contributed by atoms with van der Waals surface area (Å²) in [4.78, 5) is 34.0. The lowest BCUT2D eigenvalue weighted by molar-refractivity contribution is 0.102. The number of rotatable bonds is 5. The van der Waals surface area contributed by atoms with Gasteiger partial charge >= 0.3 is 0 Å². The highest BCUT2D eigenvalue weighted by atomic mass is 16.1. The first-order valence-electron chi connectivity index (χ1n) is 12.3. The molecule has 0 unspecified atom stereocenters. The normalized spacial score (nSPS) is 11.2. The van der Waals surface area contributed by atoms with Gasteiger partial charge in [0.25, 0.3) is 5.91 Å². The fourth-order valence-corrected chi connectivity index (χ4v) is 4.62.